The van der Waals surface area contributed by atoms with Crippen LogP contribution in [0, 0.1) is 10.1 Å². The molecule has 0 saturated carbocycles. The lowest BCUT2D eigenvalue weighted by Gasteiger charge is -2.12. The molecule has 1 N–H and O–H groups in total. The first-order valence-corrected chi connectivity index (χ1v) is 8.06. The van der Waals surface area contributed by atoms with Crippen LogP contribution in [0.2, 0.25) is 10.0 Å². The molecule has 2 aromatic rings. The molecule has 0 atom stereocenters. The molecule has 0 aromatic heterocycles. The van der Waals surface area contributed by atoms with Crippen LogP contribution < -0.4 is 14.8 Å². The highest BCUT2D eigenvalue weighted by Crippen LogP contribution is 2.38. The second kappa shape index (κ2) is 7.16. The van der Waals surface area contributed by atoms with E-state index in [-0.39, 0.29) is 21.3 Å². The molecule has 1 amide bonds. The van der Waals surface area contributed by atoms with Gasteiger partial charge in [-0.2, -0.15) is 0 Å². The summed E-state index contributed by atoms with van der Waals surface area (Å²) in [6.45, 7) is 1.01. The van der Waals surface area contributed by atoms with Crippen LogP contribution in [0.4, 0.5) is 11.4 Å². The third-order valence-electron chi connectivity index (χ3n) is 3.49. The van der Waals surface area contributed by atoms with Crippen molar-refractivity contribution in [2.75, 3.05) is 18.5 Å². The number of halogens is 2. The average Bonchev–Trinajstić information content (AvgIpc) is 2.80. The summed E-state index contributed by atoms with van der Waals surface area (Å²) in [6, 6.07) is 6.91. The van der Waals surface area contributed by atoms with Gasteiger partial charge in [0, 0.05) is 30.2 Å². The third-order valence-corrected chi connectivity index (χ3v) is 4.12. The van der Waals surface area contributed by atoms with E-state index < -0.39 is 10.8 Å². The van der Waals surface area contributed by atoms with Crippen molar-refractivity contribution in [3.63, 3.8) is 0 Å². The van der Waals surface area contributed by atoms with Gasteiger partial charge in [0.1, 0.15) is 5.02 Å². The zero-order valence-corrected chi connectivity index (χ0v) is 14.3. The molecule has 25 heavy (non-hydrogen) atoms. The number of benzene rings is 2. The van der Waals surface area contributed by atoms with Crippen molar-refractivity contribution in [2.24, 2.45) is 0 Å². The van der Waals surface area contributed by atoms with Crippen LogP contribution in [-0.4, -0.2) is 24.0 Å². The zero-order valence-electron chi connectivity index (χ0n) is 12.8. The van der Waals surface area contributed by atoms with Crippen LogP contribution in [0.15, 0.2) is 30.3 Å². The summed E-state index contributed by atoms with van der Waals surface area (Å²) in [4.78, 5) is 22.7. The van der Waals surface area contributed by atoms with Crippen LogP contribution in [0.5, 0.6) is 11.5 Å². The fraction of sp³-hybridized carbons (Fsp3) is 0.188. The van der Waals surface area contributed by atoms with Gasteiger partial charge in [-0.25, -0.2) is 0 Å². The number of carbonyl (C=O) groups excluding carboxylic acids is 1. The maximum Gasteiger partial charge on any atom is 0.288 e. The topological polar surface area (TPSA) is 90.7 Å². The molecule has 0 bridgehead atoms. The Labute approximate surface area is 152 Å². The van der Waals surface area contributed by atoms with Crippen LogP contribution in [0.3, 0.4) is 0 Å². The van der Waals surface area contributed by atoms with E-state index in [1.807, 2.05) is 0 Å². The lowest BCUT2D eigenvalue weighted by Crippen LogP contribution is -2.12. The van der Waals surface area contributed by atoms with Gasteiger partial charge in [-0.05, 0) is 12.1 Å². The van der Waals surface area contributed by atoms with E-state index in [0.29, 0.717) is 30.4 Å². The van der Waals surface area contributed by atoms with Gasteiger partial charge in [0.25, 0.3) is 11.6 Å². The minimum absolute atomic E-state index is 0.0461. The maximum atomic E-state index is 12.4. The lowest BCUT2D eigenvalue weighted by molar-refractivity contribution is -0.384. The van der Waals surface area contributed by atoms with Gasteiger partial charge in [-0.3, -0.25) is 14.9 Å². The fourth-order valence-corrected chi connectivity index (χ4v) is 2.66. The van der Waals surface area contributed by atoms with Gasteiger partial charge in [0.15, 0.2) is 11.5 Å². The van der Waals surface area contributed by atoms with Crippen LogP contribution in [0.1, 0.15) is 16.8 Å². The van der Waals surface area contributed by atoms with Crippen molar-refractivity contribution >= 4 is 40.5 Å². The quantitative estimate of drug-likeness (QED) is 0.630. The second-order valence-corrected chi connectivity index (χ2v) is 6.02. The Morgan fingerprint density at radius 1 is 1.08 bits per heavy atom. The maximum absolute atomic E-state index is 12.4. The van der Waals surface area contributed by atoms with Crippen molar-refractivity contribution in [1.82, 2.24) is 0 Å². The number of nitro groups is 1. The first kappa shape index (κ1) is 17.3. The summed E-state index contributed by atoms with van der Waals surface area (Å²) in [5, 5.41) is 13.8. The van der Waals surface area contributed by atoms with Crippen molar-refractivity contribution in [2.45, 2.75) is 6.42 Å². The van der Waals surface area contributed by atoms with E-state index in [0.717, 1.165) is 12.5 Å². The van der Waals surface area contributed by atoms with E-state index in [4.69, 9.17) is 32.7 Å². The first-order chi connectivity index (χ1) is 12.0. The molecule has 0 fully saturated rings. The highest BCUT2D eigenvalue weighted by atomic mass is 35.5. The van der Waals surface area contributed by atoms with E-state index in [2.05, 4.69) is 5.32 Å². The Kier molecular flexibility index (Phi) is 4.96. The average molecular weight is 383 g/mol. The molecular formula is C16H12Cl2N2O5. The number of fused-ring (bicyclic) bond motifs is 1. The number of anilines is 1. The van der Waals surface area contributed by atoms with E-state index in [1.54, 1.807) is 12.1 Å². The summed E-state index contributed by atoms with van der Waals surface area (Å²) in [6.07, 6.45) is 0.739. The normalized spacial score (nSPS) is 13.0. The third kappa shape index (κ3) is 3.78. The monoisotopic (exact) mass is 382 g/mol. The molecular weight excluding hydrogens is 371 g/mol. The number of nitro benzene ring substituents is 1. The number of amides is 1. The molecule has 7 nitrogen and oxygen atoms in total. The van der Waals surface area contributed by atoms with Crippen LogP contribution >= 0.6 is 23.2 Å². The predicted octanol–water partition coefficient (Wildman–Crippen LogP) is 4.32. The number of nitrogens with one attached hydrogen (secondary N) is 1. The number of nitrogens with zero attached hydrogens (tertiary/aromatic N) is 1. The van der Waals surface area contributed by atoms with Crippen molar-refractivity contribution < 1.29 is 19.2 Å². The Morgan fingerprint density at radius 3 is 2.44 bits per heavy atom. The smallest absolute Gasteiger partial charge is 0.288 e. The first-order valence-electron chi connectivity index (χ1n) is 7.30. The molecule has 130 valence electrons. The molecule has 0 spiro atoms. The van der Waals surface area contributed by atoms with Crippen molar-refractivity contribution in [3.05, 3.63) is 56.1 Å². The summed E-state index contributed by atoms with van der Waals surface area (Å²) in [5.74, 6) is 0.415. The number of hydrogen-bond donors (Lipinski definition) is 1. The van der Waals surface area contributed by atoms with Crippen molar-refractivity contribution in [3.8, 4) is 11.5 Å². The second-order valence-electron chi connectivity index (χ2n) is 5.21. The standard InChI is InChI=1S/C16H12Cl2N2O5/c17-10-3-2-9(6-13(10)20(22)23)16(21)19-12-8-15-14(7-11(12)18)24-4-1-5-25-15/h2-3,6-8H,1,4-5H2,(H,19,21). The molecule has 0 saturated heterocycles. The van der Waals surface area contributed by atoms with Gasteiger partial charge < -0.3 is 14.8 Å². The molecule has 2 aromatic carbocycles. The van der Waals surface area contributed by atoms with Gasteiger partial charge >= 0.3 is 0 Å². The largest absolute Gasteiger partial charge is 0.490 e. The Bertz CT molecular complexity index is 857. The van der Waals surface area contributed by atoms with Gasteiger partial charge in [0.05, 0.1) is 28.8 Å². The molecule has 0 aliphatic carbocycles. The minimum atomic E-state index is -0.653. The SMILES string of the molecule is O=C(Nc1cc2c(cc1Cl)OCCCO2)c1ccc(Cl)c([N+](=O)[O-])c1. The summed E-state index contributed by atoms with van der Waals surface area (Å²) < 4.78 is 11.1. The summed E-state index contributed by atoms with van der Waals surface area (Å²) in [7, 11) is 0. The van der Waals surface area contributed by atoms with Gasteiger partial charge in [0.2, 0.25) is 0 Å². The molecule has 3 rings (SSSR count). The van der Waals surface area contributed by atoms with E-state index >= 15 is 0 Å². The fourth-order valence-electron chi connectivity index (χ4n) is 2.27. The lowest BCUT2D eigenvalue weighted by atomic mass is 10.2. The molecule has 1 aliphatic rings. The van der Waals surface area contributed by atoms with E-state index in [1.165, 1.54) is 12.1 Å². The van der Waals surface area contributed by atoms with Crippen LogP contribution in [-0.2, 0) is 0 Å². The predicted molar refractivity (Wildman–Crippen MR) is 93.1 cm³/mol. The Balaban J connectivity index is 1.87. The Hall–Kier alpha value is -2.51. The number of carbonyl (C=O) groups is 1. The van der Waals surface area contributed by atoms with Crippen molar-refractivity contribution in [1.29, 1.82) is 0 Å². The minimum Gasteiger partial charge on any atom is -0.490 e. The Morgan fingerprint density at radius 2 is 1.76 bits per heavy atom. The number of hydrogen-bond acceptors (Lipinski definition) is 5. The van der Waals surface area contributed by atoms with Gasteiger partial charge in [-0.1, -0.05) is 23.2 Å². The molecule has 0 radical (unpaired) electrons. The highest BCUT2D eigenvalue weighted by Gasteiger charge is 2.19. The summed E-state index contributed by atoms with van der Waals surface area (Å²) in [5.41, 5.74) is 0.0480. The van der Waals surface area contributed by atoms with Gasteiger partial charge in [-0.15, -0.1) is 0 Å². The molecule has 0 unspecified atom stereocenters. The zero-order chi connectivity index (χ0) is 18.0. The molecule has 9 heteroatoms. The molecule has 1 aliphatic heterocycles. The summed E-state index contributed by atoms with van der Waals surface area (Å²) >= 11 is 11.9. The number of ether oxygens (including phenoxy) is 2. The van der Waals surface area contributed by atoms with E-state index in [9.17, 15) is 14.9 Å². The van der Waals surface area contributed by atoms with Crippen LogP contribution in [0.25, 0.3) is 0 Å². The molecule has 1 heterocycles. The highest BCUT2D eigenvalue weighted by molar-refractivity contribution is 6.34. The number of rotatable bonds is 3.